The highest BCUT2D eigenvalue weighted by Gasteiger charge is 2.20. The third-order valence-corrected chi connectivity index (χ3v) is 3.34. The van der Waals surface area contributed by atoms with Crippen molar-refractivity contribution in [1.29, 1.82) is 10.5 Å². The monoisotopic (exact) mass is 263 g/mol. The van der Waals surface area contributed by atoms with Crippen LogP contribution < -0.4 is 5.32 Å². The Balaban J connectivity index is 1.90. The summed E-state index contributed by atoms with van der Waals surface area (Å²) in [6.07, 6.45) is 4.03. The van der Waals surface area contributed by atoms with Crippen LogP contribution in [-0.2, 0) is 6.54 Å². The van der Waals surface area contributed by atoms with Crippen LogP contribution in [0.2, 0.25) is 0 Å². The SMILES string of the molecule is N#Cc1ncn(-c2cccc(CNC3CC3)c2)c1C#N. The number of hydrogen-bond acceptors (Lipinski definition) is 4. The van der Waals surface area contributed by atoms with Gasteiger partial charge in [0.25, 0.3) is 0 Å². The minimum atomic E-state index is 0.161. The Bertz CT molecular complexity index is 713. The van der Waals surface area contributed by atoms with Crippen LogP contribution in [0.15, 0.2) is 30.6 Å². The molecule has 0 radical (unpaired) electrons. The normalized spacial score (nSPS) is 13.7. The summed E-state index contributed by atoms with van der Waals surface area (Å²) in [5, 5.41) is 21.5. The zero-order chi connectivity index (χ0) is 13.9. The van der Waals surface area contributed by atoms with E-state index in [9.17, 15) is 0 Å². The largest absolute Gasteiger partial charge is 0.310 e. The summed E-state index contributed by atoms with van der Waals surface area (Å²) in [6, 6.07) is 12.5. The second-order valence-electron chi connectivity index (χ2n) is 4.86. The second kappa shape index (κ2) is 5.16. The van der Waals surface area contributed by atoms with Crippen molar-refractivity contribution in [3.63, 3.8) is 0 Å². The van der Waals surface area contributed by atoms with E-state index in [2.05, 4.69) is 10.3 Å². The molecule has 1 N–H and O–H groups in total. The molecule has 0 unspecified atom stereocenters. The van der Waals surface area contributed by atoms with E-state index in [1.54, 1.807) is 4.57 Å². The van der Waals surface area contributed by atoms with Gasteiger partial charge in [-0.3, -0.25) is 4.57 Å². The average molecular weight is 263 g/mol. The van der Waals surface area contributed by atoms with Crippen LogP contribution in [-0.4, -0.2) is 15.6 Å². The van der Waals surface area contributed by atoms with Gasteiger partial charge >= 0.3 is 0 Å². The van der Waals surface area contributed by atoms with Gasteiger partial charge < -0.3 is 5.32 Å². The van der Waals surface area contributed by atoms with E-state index in [4.69, 9.17) is 10.5 Å². The summed E-state index contributed by atoms with van der Waals surface area (Å²) in [5.74, 6) is 0. The molecular formula is C15H13N5. The highest BCUT2D eigenvalue weighted by Crippen LogP contribution is 2.20. The first-order valence-corrected chi connectivity index (χ1v) is 6.52. The molecule has 1 aromatic heterocycles. The number of benzene rings is 1. The molecule has 20 heavy (non-hydrogen) atoms. The van der Waals surface area contributed by atoms with Crippen molar-refractivity contribution in [1.82, 2.24) is 14.9 Å². The van der Waals surface area contributed by atoms with Gasteiger partial charge in [0.1, 0.15) is 18.5 Å². The van der Waals surface area contributed by atoms with Crippen molar-refractivity contribution < 1.29 is 0 Å². The van der Waals surface area contributed by atoms with Crippen molar-refractivity contribution in [2.24, 2.45) is 0 Å². The highest BCUT2D eigenvalue weighted by atomic mass is 15.1. The molecule has 1 aromatic carbocycles. The van der Waals surface area contributed by atoms with Crippen LogP contribution in [0, 0.1) is 22.7 Å². The maximum Gasteiger partial charge on any atom is 0.177 e. The van der Waals surface area contributed by atoms with Gasteiger partial charge in [0, 0.05) is 18.3 Å². The third-order valence-electron chi connectivity index (χ3n) is 3.34. The minimum Gasteiger partial charge on any atom is -0.310 e. The zero-order valence-electron chi connectivity index (χ0n) is 10.9. The molecule has 0 amide bonds. The van der Waals surface area contributed by atoms with E-state index in [-0.39, 0.29) is 11.4 Å². The predicted octanol–water partition coefficient (Wildman–Crippen LogP) is 1.87. The molecule has 1 heterocycles. The lowest BCUT2D eigenvalue weighted by molar-refractivity contribution is 0.687. The van der Waals surface area contributed by atoms with Crippen molar-refractivity contribution >= 4 is 0 Å². The van der Waals surface area contributed by atoms with E-state index < -0.39 is 0 Å². The van der Waals surface area contributed by atoms with Crippen LogP contribution in [0.25, 0.3) is 5.69 Å². The number of imidazole rings is 1. The molecule has 0 spiro atoms. The summed E-state index contributed by atoms with van der Waals surface area (Å²) in [5.41, 5.74) is 2.45. The highest BCUT2D eigenvalue weighted by molar-refractivity contribution is 5.45. The lowest BCUT2D eigenvalue weighted by Crippen LogP contribution is -2.15. The van der Waals surface area contributed by atoms with E-state index >= 15 is 0 Å². The molecule has 98 valence electrons. The maximum absolute atomic E-state index is 9.16. The van der Waals surface area contributed by atoms with Crippen LogP contribution in [0.3, 0.4) is 0 Å². The minimum absolute atomic E-state index is 0.161. The molecule has 2 aromatic rings. The van der Waals surface area contributed by atoms with Crippen molar-refractivity contribution in [2.45, 2.75) is 25.4 Å². The molecule has 1 aliphatic rings. The van der Waals surface area contributed by atoms with Gasteiger partial charge in [-0.15, -0.1) is 0 Å². The Hall–Kier alpha value is -2.63. The number of aromatic nitrogens is 2. The first-order valence-electron chi connectivity index (χ1n) is 6.52. The fraction of sp³-hybridized carbons (Fsp3) is 0.267. The Morgan fingerprint density at radius 1 is 1.30 bits per heavy atom. The number of nitrogens with one attached hydrogen (secondary N) is 1. The van der Waals surface area contributed by atoms with Gasteiger partial charge in [-0.1, -0.05) is 12.1 Å². The topological polar surface area (TPSA) is 77.4 Å². The Kier molecular flexibility index (Phi) is 3.20. The van der Waals surface area contributed by atoms with Crippen LogP contribution in [0.5, 0.6) is 0 Å². The quantitative estimate of drug-likeness (QED) is 0.913. The van der Waals surface area contributed by atoms with Gasteiger partial charge in [0.2, 0.25) is 0 Å². The standard InChI is InChI=1S/C15H13N5/c16-7-14-15(8-17)20(10-19-14)13-3-1-2-11(6-13)9-18-12-4-5-12/h1-3,6,10,12,18H,4-5,9H2. The van der Waals surface area contributed by atoms with E-state index in [0.717, 1.165) is 17.8 Å². The van der Waals surface area contributed by atoms with Crippen molar-refractivity contribution in [3.05, 3.63) is 47.5 Å². The molecule has 0 atom stereocenters. The average Bonchev–Trinajstić information content (AvgIpc) is 3.22. The van der Waals surface area contributed by atoms with Crippen molar-refractivity contribution in [2.75, 3.05) is 0 Å². The second-order valence-corrected chi connectivity index (χ2v) is 4.86. The molecule has 1 saturated carbocycles. The van der Waals surface area contributed by atoms with Gasteiger partial charge in [-0.05, 0) is 30.5 Å². The maximum atomic E-state index is 9.16. The number of nitriles is 2. The Morgan fingerprint density at radius 2 is 2.15 bits per heavy atom. The summed E-state index contributed by atoms with van der Waals surface area (Å²) < 4.78 is 1.65. The first kappa shape index (κ1) is 12.4. The summed E-state index contributed by atoms with van der Waals surface area (Å²) in [4.78, 5) is 3.96. The third kappa shape index (κ3) is 2.40. The summed E-state index contributed by atoms with van der Waals surface area (Å²) in [6.45, 7) is 0.820. The molecule has 1 fully saturated rings. The van der Waals surface area contributed by atoms with Crippen molar-refractivity contribution in [3.8, 4) is 17.8 Å². The van der Waals surface area contributed by atoms with Crippen LogP contribution in [0.4, 0.5) is 0 Å². The van der Waals surface area contributed by atoms with E-state index in [1.165, 1.54) is 19.2 Å². The van der Waals surface area contributed by atoms with E-state index in [0.29, 0.717) is 6.04 Å². The molecule has 3 rings (SSSR count). The number of rotatable bonds is 4. The van der Waals surface area contributed by atoms with E-state index in [1.807, 2.05) is 36.4 Å². The van der Waals surface area contributed by atoms with Gasteiger partial charge in [0.05, 0.1) is 0 Å². The van der Waals surface area contributed by atoms with Gasteiger partial charge in [0.15, 0.2) is 11.4 Å². The molecule has 0 saturated heterocycles. The molecule has 0 aliphatic heterocycles. The molecule has 5 nitrogen and oxygen atoms in total. The van der Waals surface area contributed by atoms with Crippen LogP contribution >= 0.6 is 0 Å². The molecule has 0 bridgehead atoms. The molecular weight excluding hydrogens is 250 g/mol. The fourth-order valence-electron chi connectivity index (χ4n) is 2.10. The van der Waals surface area contributed by atoms with Gasteiger partial charge in [-0.2, -0.15) is 10.5 Å². The fourth-order valence-corrected chi connectivity index (χ4v) is 2.10. The molecule has 1 aliphatic carbocycles. The smallest absolute Gasteiger partial charge is 0.177 e. The Morgan fingerprint density at radius 3 is 2.85 bits per heavy atom. The predicted molar refractivity (Wildman–Crippen MR) is 72.9 cm³/mol. The zero-order valence-corrected chi connectivity index (χ0v) is 10.9. The number of nitrogens with zero attached hydrogens (tertiary/aromatic N) is 4. The summed E-state index contributed by atoms with van der Waals surface area (Å²) >= 11 is 0. The lowest BCUT2D eigenvalue weighted by Gasteiger charge is -2.07. The lowest BCUT2D eigenvalue weighted by atomic mass is 10.2. The first-order chi connectivity index (χ1) is 9.81. The Labute approximate surface area is 117 Å². The van der Waals surface area contributed by atoms with Gasteiger partial charge in [-0.25, -0.2) is 4.98 Å². The number of hydrogen-bond donors (Lipinski definition) is 1. The summed E-state index contributed by atoms with van der Waals surface area (Å²) in [7, 11) is 0. The molecule has 5 heteroatoms. The van der Waals surface area contributed by atoms with Crippen LogP contribution in [0.1, 0.15) is 29.8 Å².